The molecule has 1 unspecified atom stereocenters. The minimum atomic E-state index is -0.216. The predicted molar refractivity (Wildman–Crippen MR) is 77.3 cm³/mol. The molecule has 2 aliphatic rings. The van der Waals surface area contributed by atoms with Crippen LogP contribution < -0.4 is 10.2 Å². The first kappa shape index (κ1) is 13.6. The number of nitrogens with zero attached hydrogens (tertiary/aromatic N) is 1. The molecule has 0 aliphatic carbocycles. The number of fused-ring (bicyclic) bond motifs is 1. The van der Waals surface area contributed by atoms with Crippen LogP contribution in [0.2, 0.25) is 0 Å². The molecule has 3 nitrogen and oxygen atoms in total. The fourth-order valence-electron chi connectivity index (χ4n) is 3.23. The zero-order valence-corrected chi connectivity index (χ0v) is 11.7. The molecule has 0 saturated carbocycles. The molecule has 0 radical (unpaired) electrons. The Kier molecular flexibility index (Phi) is 4.01. The van der Waals surface area contributed by atoms with E-state index in [-0.39, 0.29) is 11.7 Å². The highest BCUT2D eigenvalue weighted by Crippen LogP contribution is 2.29. The third kappa shape index (κ3) is 2.85. The van der Waals surface area contributed by atoms with Crippen molar-refractivity contribution in [3.8, 4) is 0 Å². The van der Waals surface area contributed by atoms with E-state index < -0.39 is 0 Å². The van der Waals surface area contributed by atoms with Gasteiger partial charge in [-0.25, -0.2) is 4.39 Å². The van der Waals surface area contributed by atoms with Gasteiger partial charge in [-0.05, 0) is 56.0 Å². The number of amides is 1. The lowest BCUT2D eigenvalue weighted by atomic mass is 9.98. The van der Waals surface area contributed by atoms with Crippen molar-refractivity contribution in [3.63, 3.8) is 0 Å². The summed E-state index contributed by atoms with van der Waals surface area (Å²) in [7, 11) is 0. The van der Waals surface area contributed by atoms with Crippen LogP contribution in [0, 0.1) is 5.82 Å². The Morgan fingerprint density at radius 3 is 3.00 bits per heavy atom. The lowest BCUT2D eigenvalue weighted by molar-refractivity contribution is -0.118. The van der Waals surface area contributed by atoms with Gasteiger partial charge in [-0.2, -0.15) is 0 Å². The van der Waals surface area contributed by atoms with Crippen LogP contribution >= 0.6 is 0 Å². The van der Waals surface area contributed by atoms with Crippen molar-refractivity contribution in [3.05, 3.63) is 29.6 Å². The molecule has 3 rings (SSSR count). The van der Waals surface area contributed by atoms with Crippen LogP contribution in [0.5, 0.6) is 0 Å². The summed E-state index contributed by atoms with van der Waals surface area (Å²) in [5.74, 6) is -0.0492. The van der Waals surface area contributed by atoms with E-state index in [4.69, 9.17) is 0 Å². The lowest BCUT2D eigenvalue weighted by Crippen LogP contribution is -2.41. The molecular weight excluding hydrogens is 255 g/mol. The first-order chi connectivity index (χ1) is 9.74. The number of anilines is 1. The van der Waals surface area contributed by atoms with Crippen LogP contribution in [0.25, 0.3) is 0 Å². The summed E-state index contributed by atoms with van der Waals surface area (Å²) in [6.45, 7) is 1.82. The van der Waals surface area contributed by atoms with E-state index in [1.165, 1.54) is 25.3 Å². The summed E-state index contributed by atoms with van der Waals surface area (Å²) in [5, 5.41) is 3.51. The van der Waals surface area contributed by atoms with Gasteiger partial charge in [0.2, 0.25) is 5.91 Å². The molecule has 4 heteroatoms. The molecule has 1 aromatic rings. The van der Waals surface area contributed by atoms with E-state index in [0.29, 0.717) is 18.9 Å². The van der Waals surface area contributed by atoms with Gasteiger partial charge < -0.3 is 10.2 Å². The van der Waals surface area contributed by atoms with Gasteiger partial charge in [0, 0.05) is 24.7 Å². The van der Waals surface area contributed by atoms with Gasteiger partial charge in [-0.3, -0.25) is 4.79 Å². The molecule has 1 atom stereocenters. The smallest absolute Gasteiger partial charge is 0.227 e. The summed E-state index contributed by atoms with van der Waals surface area (Å²) in [6.07, 6.45) is 5.84. The molecule has 2 aliphatic heterocycles. The number of nitrogens with one attached hydrogen (secondary N) is 1. The molecule has 0 spiro atoms. The zero-order chi connectivity index (χ0) is 13.9. The van der Waals surface area contributed by atoms with Gasteiger partial charge in [0.1, 0.15) is 5.82 Å². The van der Waals surface area contributed by atoms with E-state index in [1.54, 1.807) is 12.1 Å². The predicted octanol–water partition coefficient (Wildman–Crippen LogP) is 2.64. The second-order valence-corrected chi connectivity index (χ2v) is 5.75. The molecule has 1 saturated heterocycles. The van der Waals surface area contributed by atoms with Crippen LogP contribution in [-0.4, -0.2) is 25.0 Å². The molecule has 0 aromatic heterocycles. The summed E-state index contributed by atoms with van der Waals surface area (Å²) < 4.78 is 13.3. The monoisotopic (exact) mass is 276 g/mol. The fraction of sp³-hybridized carbons (Fsp3) is 0.562. The maximum absolute atomic E-state index is 13.3. The molecule has 1 aromatic carbocycles. The van der Waals surface area contributed by atoms with Gasteiger partial charge in [-0.15, -0.1) is 0 Å². The first-order valence-electron chi connectivity index (χ1n) is 7.56. The second-order valence-electron chi connectivity index (χ2n) is 5.75. The number of aryl methyl sites for hydroxylation is 1. The number of benzene rings is 1. The summed E-state index contributed by atoms with van der Waals surface area (Å²) >= 11 is 0. The molecular formula is C16H21FN2O. The molecule has 2 heterocycles. The van der Waals surface area contributed by atoms with Gasteiger partial charge in [0.15, 0.2) is 0 Å². The standard InChI is InChI=1S/C16H21FN2O/c17-13-5-6-15-12(11-13)4-7-16(20)19(15)10-8-14-3-1-2-9-18-14/h5-6,11,14,18H,1-4,7-10H2. The van der Waals surface area contributed by atoms with Gasteiger partial charge in [0.05, 0.1) is 0 Å². The third-order valence-corrected chi connectivity index (χ3v) is 4.36. The average molecular weight is 276 g/mol. The molecule has 0 bridgehead atoms. The van der Waals surface area contributed by atoms with Crippen LogP contribution in [0.15, 0.2) is 18.2 Å². The van der Waals surface area contributed by atoms with E-state index in [9.17, 15) is 9.18 Å². The van der Waals surface area contributed by atoms with Crippen LogP contribution in [0.3, 0.4) is 0 Å². The Hall–Kier alpha value is -1.42. The number of rotatable bonds is 3. The van der Waals surface area contributed by atoms with E-state index in [0.717, 1.165) is 30.8 Å². The van der Waals surface area contributed by atoms with Crippen molar-refractivity contribution in [1.29, 1.82) is 0 Å². The molecule has 1 fully saturated rings. The fourth-order valence-corrected chi connectivity index (χ4v) is 3.23. The average Bonchev–Trinajstić information content (AvgIpc) is 2.47. The van der Waals surface area contributed by atoms with Crippen LogP contribution in [0.4, 0.5) is 10.1 Å². The first-order valence-corrected chi connectivity index (χ1v) is 7.56. The SMILES string of the molecule is O=C1CCc2cc(F)ccc2N1CCC1CCCCN1. The van der Waals surface area contributed by atoms with Crippen LogP contribution in [-0.2, 0) is 11.2 Å². The van der Waals surface area contributed by atoms with Gasteiger partial charge in [0.25, 0.3) is 0 Å². The van der Waals surface area contributed by atoms with Crippen molar-refractivity contribution in [2.24, 2.45) is 0 Å². The summed E-state index contributed by atoms with van der Waals surface area (Å²) in [5.41, 5.74) is 1.86. The highest BCUT2D eigenvalue weighted by Gasteiger charge is 2.25. The Morgan fingerprint density at radius 2 is 2.20 bits per heavy atom. The maximum atomic E-state index is 13.3. The zero-order valence-electron chi connectivity index (χ0n) is 11.7. The number of piperidine rings is 1. The Balaban J connectivity index is 1.70. The molecule has 108 valence electrons. The topological polar surface area (TPSA) is 32.3 Å². The van der Waals surface area contributed by atoms with Crippen molar-refractivity contribution in [2.45, 2.75) is 44.6 Å². The largest absolute Gasteiger partial charge is 0.314 e. The molecule has 1 N–H and O–H groups in total. The summed E-state index contributed by atoms with van der Waals surface area (Å²) in [6, 6.07) is 5.27. The van der Waals surface area contributed by atoms with Gasteiger partial charge in [-0.1, -0.05) is 6.42 Å². The minimum absolute atomic E-state index is 0.167. The number of hydrogen-bond acceptors (Lipinski definition) is 2. The number of carbonyl (C=O) groups is 1. The minimum Gasteiger partial charge on any atom is -0.314 e. The quantitative estimate of drug-likeness (QED) is 0.920. The molecule has 20 heavy (non-hydrogen) atoms. The van der Waals surface area contributed by atoms with E-state index in [1.807, 2.05) is 4.90 Å². The Bertz CT molecular complexity index is 497. The third-order valence-electron chi connectivity index (χ3n) is 4.36. The second kappa shape index (κ2) is 5.92. The molecule has 1 amide bonds. The van der Waals surface area contributed by atoms with Crippen molar-refractivity contribution in [1.82, 2.24) is 5.32 Å². The van der Waals surface area contributed by atoms with Crippen molar-refractivity contribution >= 4 is 11.6 Å². The van der Waals surface area contributed by atoms with Crippen LogP contribution in [0.1, 0.15) is 37.7 Å². The van der Waals surface area contributed by atoms with E-state index >= 15 is 0 Å². The van der Waals surface area contributed by atoms with Gasteiger partial charge >= 0.3 is 0 Å². The number of halogens is 1. The number of carbonyl (C=O) groups excluding carboxylic acids is 1. The Labute approximate surface area is 119 Å². The highest BCUT2D eigenvalue weighted by molar-refractivity contribution is 5.96. The normalized spacial score (nSPS) is 22.8. The number of hydrogen-bond donors (Lipinski definition) is 1. The lowest BCUT2D eigenvalue weighted by Gasteiger charge is -2.32. The Morgan fingerprint density at radius 1 is 1.30 bits per heavy atom. The highest BCUT2D eigenvalue weighted by atomic mass is 19.1. The van der Waals surface area contributed by atoms with Crippen molar-refractivity contribution in [2.75, 3.05) is 18.0 Å². The maximum Gasteiger partial charge on any atom is 0.227 e. The van der Waals surface area contributed by atoms with Crippen molar-refractivity contribution < 1.29 is 9.18 Å². The summed E-state index contributed by atoms with van der Waals surface area (Å²) in [4.78, 5) is 14.0. The van der Waals surface area contributed by atoms with E-state index in [2.05, 4.69) is 5.32 Å².